The van der Waals surface area contributed by atoms with Crippen molar-refractivity contribution in [2.45, 2.75) is 50.6 Å². The van der Waals surface area contributed by atoms with Crippen LogP contribution in [0.1, 0.15) is 39.0 Å². The first-order chi connectivity index (χ1) is 9.39. The van der Waals surface area contributed by atoms with Gasteiger partial charge in [-0.15, -0.1) is 0 Å². The van der Waals surface area contributed by atoms with Crippen LogP contribution in [0.25, 0.3) is 0 Å². The summed E-state index contributed by atoms with van der Waals surface area (Å²) < 4.78 is 0. The van der Waals surface area contributed by atoms with Gasteiger partial charge in [0, 0.05) is 6.04 Å². The number of piperidine rings is 1. The monoisotopic (exact) mass is 285 g/mol. The first-order valence-corrected chi connectivity index (χ1v) is 7.70. The summed E-state index contributed by atoms with van der Waals surface area (Å²) in [6, 6.07) is 0.696. The maximum atomic E-state index is 11.2. The van der Waals surface area contributed by atoms with Crippen LogP contribution in [0.5, 0.6) is 0 Å². The number of unbranched alkanes of at least 4 members (excludes halogenated alkanes) is 1. The van der Waals surface area contributed by atoms with E-state index in [2.05, 4.69) is 29.2 Å². The van der Waals surface area contributed by atoms with Gasteiger partial charge in [-0.1, -0.05) is 0 Å². The van der Waals surface area contributed by atoms with Crippen molar-refractivity contribution in [2.75, 3.05) is 40.8 Å². The van der Waals surface area contributed by atoms with Crippen molar-refractivity contribution in [1.82, 2.24) is 15.1 Å². The minimum absolute atomic E-state index is 0.681. The molecule has 1 atom stereocenters. The number of rotatable bonds is 8. The molecule has 20 heavy (non-hydrogen) atoms. The van der Waals surface area contributed by atoms with Crippen molar-refractivity contribution in [3.05, 3.63) is 0 Å². The van der Waals surface area contributed by atoms with Crippen LogP contribution in [-0.2, 0) is 4.79 Å². The third kappa shape index (κ3) is 5.04. The number of nitrogens with one attached hydrogen (secondary N) is 1. The van der Waals surface area contributed by atoms with Crippen molar-refractivity contribution in [1.29, 1.82) is 0 Å². The number of carboxylic acids is 1. The Hall–Kier alpha value is -0.650. The molecule has 0 aromatic rings. The number of hydrogen-bond donors (Lipinski definition) is 2. The van der Waals surface area contributed by atoms with Crippen LogP contribution in [0.3, 0.4) is 0 Å². The van der Waals surface area contributed by atoms with E-state index in [0.29, 0.717) is 12.5 Å². The second-order valence-electron chi connectivity index (χ2n) is 6.36. The van der Waals surface area contributed by atoms with Gasteiger partial charge >= 0.3 is 5.97 Å². The second-order valence-corrected chi connectivity index (χ2v) is 6.36. The van der Waals surface area contributed by atoms with E-state index in [4.69, 9.17) is 0 Å². The minimum Gasteiger partial charge on any atom is -0.480 e. The minimum atomic E-state index is -0.786. The first kappa shape index (κ1) is 17.4. The Kier molecular flexibility index (Phi) is 6.92. The molecule has 0 radical (unpaired) electrons. The van der Waals surface area contributed by atoms with Crippen LogP contribution < -0.4 is 5.32 Å². The maximum absolute atomic E-state index is 11.2. The van der Waals surface area contributed by atoms with Crippen LogP contribution in [0.15, 0.2) is 0 Å². The second kappa shape index (κ2) is 7.96. The summed E-state index contributed by atoms with van der Waals surface area (Å²) in [5.74, 6) is -0.760. The third-order valence-electron chi connectivity index (χ3n) is 4.77. The molecule has 2 N–H and O–H groups in total. The number of carbonyl (C=O) groups is 1. The van der Waals surface area contributed by atoms with E-state index in [-0.39, 0.29) is 0 Å². The lowest BCUT2D eigenvalue weighted by atomic mass is 9.95. The molecule has 1 aliphatic heterocycles. The fraction of sp³-hybridized carbons (Fsp3) is 0.933. The van der Waals surface area contributed by atoms with Gasteiger partial charge in [0.05, 0.1) is 0 Å². The lowest BCUT2D eigenvalue weighted by Crippen LogP contribution is -2.47. The number of carboxylic acid groups (broad SMARTS) is 1. The summed E-state index contributed by atoms with van der Waals surface area (Å²) in [7, 11) is 6.10. The summed E-state index contributed by atoms with van der Waals surface area (Å²) >= 11 is 0. The van der Waals surface area contributed by atoms with E-state index in [0.717, 1.165) is 19.4 Å². The Bertz CT molecular complexity index is 303. The molecule has 5 heteroatoms. The van der Waals surface area contributed by atoms with Crippen molar-refractivity contribution < 1.29 is 9.90 Å². The highest BCUT2D eigenvalue weighted by Crippen LogP contribution is 2.17. The Balaban J connectivity index is 2.22. The van der Waals surface area contributed by atoms with Crippen LogP contribution in [0.4, 0.5) is 0 Å². The summed E-state index contributed by atoms with van der Waals surface area (Å²) in [5, 5.41) is 12.1. The number of nitrogens with zero attached hydrogens (tertiary/aromatic N) is 2. The van der Waals surface area contributed by atoms with Crippen molar-refractivity contribution >= 4 is 5.97 Å². The Morgan fingerprint density at radius 2 is 2.00 bits per heavy atom. The molecule has 1 aliphatic rings. The van der Waals surface area contributed by atoms with Gasteiger partial charge in [0.15, 0.2) is 0 Å². The van der Waals surface area contributed by atoms with E-state index < -0.39 is 11.5 Å². The summed E-state index contributed by atoms with van der Waals surface area (Å²) in [5.41, 5.74) is -0.786. The Morgan fingerprint density at radius 3 is 2.50 bits per heavy atom. The third-order valence-corrected chi connectivity index (χ3v) is 4.77. The fourth-order valence-corrected chi connectivity index (χ4v) is 2.80. The molecule has 0 spiro atoms. The number of aliphatic carboxylic acids is 1. The van der Waals surface area contributed by atoms with Gasteiger partial charge < -0.3 is 20.2 Å². The average Bonchev–Trinajstić information content (AvgIpc) is 2.43. The SMILES string of the molecule is CNC(C)(CCCCN(C)C1CCN(C)CC1)C(=O)O. The first-order valence-electron chi connectivity index (χ1n) is 7.70. The van der Waals surface area contributed by atoms with Gasteiger partial charge in [-0.05, 0) is 79.8 Å². The molecule has 1 fully saturated rings. The summed E-state index contributed by atoms with van der Waals surface area (Å²) in [6.45, 7) is 5.20. The predicted molar refractivity (Wildman–Crippen MR) is 82.1 cm³/mol. The molecule has 5 nitrogen and oxygen atoms in total. The normalized spacial score (nSPS) is 21.1. The van der Waals surface area contributed by atoms with Gasteiger partial charge in [0.1, 0.15) is 5.54 Å². The molecule has 0 aromatic carbocycles. The molecule has 0 aliphatic carbocycles. The predicted octanol–water partition coefficient (Wildman–Crippen LogP) is 1.25. The highest BCUT2D eigenvalue weighted by atomic mass is 16.4. The lowest BCUT2D eigenvalue weighted by molar-refractivity contribution is -0.144. The van der Waals surface area contributed by atoms with Gasteiger partial charge in [-0.25, -0.2) is 0 Å². The number of likely N-dealkylation sites (tertiary alicyclic amines) is 1. The molecular weight excluding hydrogens is 254 g/mol. The van der Waals surface area contributed by atoms with Crippen molar-refractivity contribution in [2.24, 2.45) is 0 Å². The van der Waals surface area contributed by atoms with Crippen LogP contribution in [0.2, 0.25) is 0 Å². The average molecular weight is 285 g/mol. The highest BCUT2D eigenvalue weighted by Gasteiger charge is 2.30. The standard InChI is InChI=1S/C15H31N3O2/c1-15(16-2,14(19)20)9-5-6-10-18(4)13-7-11-17(3)12-8-13/h13,16H,5-12H2,1-4H3,(H,19,20). The molecule has 0 amide bonds. The molecule has 1 unspecified atom stereocenters. The largest absolute Gasteiger partial charge is 0.480 e. The summed E-state index contributed by atoms with van der Waals surface area (Å²) in [6.07, 6.45) is 5.18. The van der Waals surface area contributed by atoms with Crippen molar-refractivity contribution in [3.63, 3.8) is 0 Å². The van der Waals surface area contributed by atoms with Gasteiger partial charge in [0.2, 0.25) is 0 Å². The summed E-state index contributed by atoms with van der Waals surface area (Å²) in [4.78, 5) is 16.0. The maximum Gasteiger partial charge on any atom is 0.323 e. The molecule has 1 saturated heterocycles. The van der Waals surface area contributed by atoms with E-state index in [1.165, 1.54) is 25.9 Å². The molecule has 1 heterocycles. The van der Waals surface area contributed by atoms with E-state index >= 15 is 0 Å². The number of likely N-dealkylation sites (N-methyl/N-ethyl adjacent to an activating group) is 1. The molecule has 0 aromatic heterocycles. The van der Waals surface area contributed by atoms with Gasteiger partial charge in [0.25, 0.3) is 0 Å². The van der Waals surface area contributed by atoms with Crippen molar-refractivity contribution in [3.8, 4) is 0 Å². The zero-order chi connectivity index (χ0) is 15.2. The lowest BCUT2D eigenvalue weighted by Gasteiger charge is -2.35. The Morgan fingerprint density at radius 1 is 1.40 bits per heavy atom. The molecular formula is C15H31N3O2. The quantitative estimate of drug-likeness (QED) is 0.657. The van der Waals surface area contributed by atoms with E-state index in [1.54, 1.807) is 14.0 Å². The smallest absolute Gasteiger partial charge is 0.323 e. The van der Waals surface area contributed by atoms with Crippen LogP contribution in [-0.4, -0.2) is 73.2 Å². The topological polar surface area (TPSA) is 55.8 Å². The highest BCUT2D eigenvalue weighted by molar-refractivity contribution is 5.78. The van der Waals surface area contributed by atoms with E-state index in [1.807, 2.05) is 0 Å². The molecule has 0 saturated carbocycles. The Labute approximate surface area is 123 Å². The molecule has 1 rings (SSSR count). The molecule has 118 valence electrons. The van der Waals surface area contributed by atoms with E-state index in [9.17, 15) is 9.90 Å². The zero-order valence-corrected chi connectivity index (χ0v) is 13.5. The van der Waals surface area contributed by atoms with Crippen LogP contribution >= 0.6 is 0 Å². The zero-order valence-electron chi connectivity index (χ0n) is 13.5. The number of hydrogen-bond acceptors (Lipinski definition) is 4. The van der Waals surface area contributed by atoms with Gasteiger partial charge in [-0.3, -0.25) is 4.79 Å². The molecule has 0 bridgehead atoms. The van der Waals surface area contributed by atoms with Gasteiger partial charge in [-0.2, -0.15) is 0 Å². The van der Waals surface area contributed by atoms with Crippen LogP contribution in [0, 0.1) is 0 Å². The fourth-order valence-electron chi connectivity index (χ4n) is 2.80.